The first-order valence-corrected chi connectivity index (χ1v) is 6.16. The number of ether oxygens (including phenoxy) is 1. The second kappa shape index (κ2) is 6.21. The van der Waals surface area contributed by atoms with Gasteiger partial charge in [-0.15, -0.1) is 12.4 Å². The number of nitrogens with one attached hydrogen (secondary N) is 1. The maximum Gasteiger partial charge on any atom is 0.244 e. The van der Waals surface area contributed by atoms with Crippen LogP contribution in [0.1, 0.15) is 18.4 Å². The van der Waals surface area contributed by atoms with E-state index < -0.39 is 0 Å². The van der Waals surface area contributed by atoms with Gasteiger partial charge in [-0.3, -0.25) is 0 Å². The molecule has 3 rings (SSSR count). The molecule has 7 heteroatoms. The van der Waals surface area contributed by atoms with E-state index in [1.165, 1.54) is 0 Å². The molecular weight excluding hydrogens is 282 g/mol. The van der Waals surface area contributed by atoms with Crippen LogP contribution >= 0.6 is 12.4 Å². The molecule has 0 radical (unpaired) electrons. The van der Waals surface area contributed by atoms with Crippen LogP contribution < -0.4 is 10.1 Å². The highest BCUT2D eigenvalue weighted by atomic mass is 35.5. The minimum atomic E-state index is -0.350. The molecule has 1 saturated heterocycles. The van der Waals surface area contributed by atoms with Gasteiger partial charge in [0, 0.05) is 12.1 Å². The van der Waals surface area contributed by atoms with Crippen molar-refractivity contribution in [3.63, 3.8) is 0 Å². The summed E-state index contributed by atoms with van der Waals surface area (Å²) in [6, 6.07) is 7.42. The van der Waals surface area contributed by atoms with Crippen LogP contribution in [0.15, 0.2) is 28.8 Å². The summed E-state index contributed by atoms with van der Waals surface area (Å²) in [5.74, 6) is 1.78. The van der Waals surface area contributed by atoms with Gasteiger partial charge in [-0.2, -0.15) is 4.98 Å². The molecule has 0 spiro atoms. The van der Waals surface area contributed by atoms with Gasteiger partial charge in [0.1, 0.15) is 5.75 Å². The summed E-state index contributed by atoms with van der Waals surface area (Å²) in [5.41, 5.74) is 0.841. The Hall–Kier alpha value is -1.63. The lowest BCUT2D eigenvalue weighted by Crippen LogP contribution is -2.15. The average molecular weight is 298 g/mol. The summed E-state index contributed by atoms with van der Waals surface area (Å²) in [7, 11) is 1.62. The molecule has 6 nitrogen and oxygen atoms in total. The normalized spacial score (nSPS) is 21.5. The van der Waals surface area contributed by atoms with Gasteiger partial charge in [-0.25, -0.2) is 0 Å². The molecule has 1 aliphatic rings. The topological polar surface area (TPSA) is 80.4 Å². The highest BCUT2D eigenvalue weighted by molar-refractivity contribution is 5.85. The lowest BCUT2D eigenvalue weighted by molar-refractivity contribution is 0.191. The van der Waals surface area contributed by atoms with Crippen LogP contribution in [-0.4, -0.2) is 35.0 Å². The SMILES string of the molecule is COc1cccc(-c2noc([C@H]3C[C@H](O)CN3)n2)c1.Cl. The molecule has 2 atom stereocenters. The molecule has 2 aromatic rings. The maximum absolute atomic E-state index is 9.48. The number of nitrogens with zero attached hydrogens (tertiary/aromatic N) is 2. The number of hydrogen-bond acceptors (Lipinski definition) is 6. The maximum atomic E-state index is 9.48. The van der Waals surface area contributed by atoms with Gasteiger partial charge in [-0.1, -0.05) is 17.3 Å². The van der Waals surface area contributed by atoms with Crippen molar-refractivity contribution < 1.29 is 14.4 Å². The van der Waals surface area contributed by atoms with Gasteiger partial charge >= 0.3 is 0 Å². The Morgan fingerprint density at radius 3 is 3.00 bits per heavy atom. The van der Waals surface area contributed by atoms with E-state index in [2.05, 4.69) is 15.5 Å². The number of halogens is 1. The first-order chi connectivity index (χ1) is 9.26. The van der Waals surface area contributed by atoms with Gasteiger partial charge in [-0.05, 0) is 18.6 Å². The number of benzene rings is 1. The molecule has 0 aliphatic carbocycles. The van der Waals surface area contributed by atoms with Crippen LogP contribution in [0, 0.1) is 0 Å². The third kappa shape index (κ3) is 2.92. The summed E-state index contributed by atoms with van der Waals surface area (Å²) in [6.45, 7) is 0.557. The molecule has 1 aromatic carbocycles. The largest absolute Gasteiger partial charge is 0.497 e. The van der Waals surface area contributed by atoms with E-state index in [0.717, 1.165) is 11.3 Å². The van der Waals surface area contributed by atoms with Crippen LogP contribution in [0.4, 0.5) is 0 Å². The van der Waals surface area contributed by atoms with E-state index in [0.29, 0.717) is 24.7 Å². The van der Waals surface area contributed by atoms with Crippen LogP contribution in [0.3, 0.4) is 0 Å². The fourth-order valence-corrected chi connectivity index (χ4v) is 2.16. The van der Waals surface area contributed by atoms with Crippen molar-refractivity contribution in [2.24, 2.45) is 0 Å². The van der Waals surface area contributed by atoms with Crippen molar-refractivity contribution in [2.45, 2.75) is 18.6 Å². The molecular formula is C13H16ClN3O3. The average Bonchev–Trinajstić information content (AvgIpc) is 3.07. The minimum absolute atomic E-state index is 0. The zero-order valence-corrected chi connectivity index (χ0v) is 11.8. The Morgan fingerprint density at radius 1 is 1.45 bits per heavy atom. The minimum Gasteiger partial charge on any atom is -0.497 e. The van der Waals surface area contributed by atoms with Crippen LogP contribution in [0.2, 0.25) is 0 Å². The van der Waals surface area contributed by atoms with Gasteiger partial charge < -0.3 is 19.7 Å². The summed E-state index contributed by atoms with van der Waals surface area (Å²) >= 11 is 0. The number of methoxy groups -OCH3 is 1. The third-order valence-electron chi connectivity index (χ3n) is 3.18. The fourth-order valence-electron chi connectivity index (χ4n) is 2.16. The highest BCUT2D eigenvalue weighted by Gasteiger charge is 2.28. The zero-order chi connectivity index (χ0) is 13.2. The third-order valence-corrected chi connectivity index (χ3v) is 3.18. The van der Waals surface area contributed by atoms with Gasteiger partial charge in [0.15, 0.2) is 0 Å². The summed E-state index contributed by atoms with van der Waals surface area (Å²) < 4.78 is 10.4. The Bertz CT molecular complexity index is 575. The standard InChI is InChI=1S/C13H15N3O3.ClH/c1-18-10-4-2-3-8(5-10)12-15-13(19-16-12)11-6-9(17)7-14-11;/h2-5,9,11,14,17H,6-7H2,1H3;1H/t9-,11+;/m0./s1. The molecule has 2 N–H and O–H groups in total. The Morgan fingerprint density at radius 2 is 2.30 bits per heavy atom. The molecule has 1 aliphatic heterocycles. The van der Waals surface area contributed by atoms with E-state index in [9.17, 15) is 5.11 Å². The van der Waals surface area contributed by atoms with Crippen LogP contribution in [0.25, 0.3) is 11.4 Å². The van der Waals surface area contributed by atoms with Crippen molar-refractivity contribution >= 4 is 12.4 Å². The van der Waals surface area contributed by atoms with Crippen molar-refractivity contribution in [1.29, 1.82) is 0 Å². The van der Waals surface area contributed by atoms with Crippen molar-refractivity contribution in [1.82, 2.24) is 15.5 Å². The Balaban J connectivity index is 0.00000147. The zero-order valence-electron chi connectivity index (χ0n) is 10.9. The van der Waals surface area contributed by atoms with Gasteiger partial charge in [0.05, 0.1) is 19.3 Å². The molecule has 0 bridgehead atoms. The summed E-state index contributed by atoms with van der Waals surface area (Å²) in [4.78, 5) is 4.37. The molecule has 20 heavy (non-hydrogen) atoms. The first-order valence-electron chi connectivity index (χ1n) is 6.16. The smallest absolute Gasteiger partial charge is 0.244 e. The van der Waals surface area contributed by atoms with Crippen molar-refractivity contribution in [3.8, 4) is 17.1 Å². The van der Waals surface area contributed by atoms with E-state index >= 15 is 0 Å². The monoisotopic (exact) mass is 297 g/mol. The number of rotatable bonds is 3. The predicted octanol–water partition coefficient (Wildman–Crippen LogP) is 1.56. The number of hydrogen-bond donors (Lipinski definition) is 2. The summed E-state index contributed by atoms with van der Waals surface area (Å²) in [6.07, 6.45) is 0.247. The Kier molecular flexibility index (Phi) is 4.59. The molecule has 0 saturated carbocycles. The molecule has 2 heterocycles. The number of aliphatic hydroxyl groups excluding tert-OH is 1. The second-order valence-corrected chi connectivity index (χ2v) is 4.54. The van der Waals surface area contributed by atoms with Gasteiger partial charge in [0.2, 0.25) is 11.7 Å². The van der Waals surface area contributed by atoms with Gasteiger partial charge in [0.25, 0.3) is 0 Å². The number of β-amino-alcohol motifs (C(OH)–C–C–N with tert-alkyl or cyclic N) is 1. The fraction of sp³-hybridized carbons (Fsp3) is 0.385. The molecule has 0 unspecified atom stereocenters. The Labute approximate surface area is 122 Å². The van der Waals surface area contributed by atoms with E-state index in [4.69, 9.17) is 9.26 Å². The van der Waals surface area contributed by atoms with Crippen LogP contribution in [-0.2, 0) is 0 Å². The van der Waals surface area contributed by atoms with Crippen molar-refractivity contribution in [3.05, 3.63) is 30.2 Å². The highest BCUT2D eigenvalue weighted by Crippen LogP contribution is 2.26. The molecule has 1 aromatic heterocycles. The lowest BCUT2D eigenvalue weighted by Gasteiger charge is -2.02. The van der Waals surface area contributed by atoms with E-state index in [-0.39, 0.29) is 24.6 Å². The van der Waals surface area contributed by atoms with Crippen molar-refractivity contribution in [2.75, 3.05) is 13.7 Å². The quantitative estimate of drug-likeness (QED) is 0.895. The molecule has 108 valence electrons. The predicted molar refractivity (Wildman–Crippen MR) is 74.9 cm³/mol. The number of aromatic nitrogens is 2. The number of aliphatic hydroxyl groups is 1. The molecule has 0 amide bonds. The van der Waals surface area contributed by atoms with E-state index in [1.54, 1.807) is 7.11 Å². The lowest BCUT2D eigenvalue weighted by atomic mass is 10.2. The summed E-state index contributed by atoms with van der Waals surface area (Å²) in [5, 5.41) is 16.6. The molecule has 1 fully saturated rings. The first kappa shape index (κ1) is 14.8. The van der Waals surface area contributed by atoms with E-state index in [1.807, 2.05) is 24.3 Å². The van der Waals surface area contributed by atoms with Crippen LogP contribution in [0.5, 0.6) is 5.75 Å². The second-order valence-electron chi connectivity index (χ2n) is 4.54.